The Morgan fingerprint density at radius 3 is 1.90 bits per heavy atom. The average Bonchev–Trinajstić information content (AvgIpc) is 3.10. The molecule has 0 saturated carbocycles. The Labute approximate surface area is 357 Å². The van der Waals surface area contributed by atoms with Gasteiger partial charge in [0, 0.05) is 37.3 Å². The van der Waals surface area contributed by atoms with Crippen LogP contribution in [0.1, 0.15) is 94.9 Å². The van der Waals surface area contributed by atoms with Crippen molar-refractivity contribution in [1.29, 1.82) is 0 Å². The molecule has 3 aliphatic rings. The van der Waals surface area contributed by atoms with Gasteiger partial charge in [-0.25, -0.2) is 0 Å². The smallest absolute Gasteiger partial charge is 0.311 e. The Balaban J connectivity index is 2.25. The van der Waals surface area contributed by atoms with Gasteiger partial charge in [0.25, 0.3) is 0 Å². The first-order valence-electron chi connectivity index (χ1n) is 21.9. The third-order valence-electron chi connectivity index (χ3n) is 12.7. The molecule has 0 aromatic heterocycles. The van der Waals surface area contributed by atoms with Crippen LogP contribution in [0.25, 0.3) is 0 Å². The lowest BCUT2D eigenvalue weighted by atomic mass is 9.74. The number of ketones is 1. The number of aliphatic hydroxyl groups excluding tert-OH is 1. The van der Waals surface area contributed by atoms with E-state index in [9.17, 15) is 24.9 Å². The number of esters is 1. The van der Waals surface area contributed by atoms with Crippen LogP contribution in [0.5, 0.6) is 0 Å². The minimum absolute atomic E-state index is 0.0733. The number of hydrogen-bond acceptors (Lipinski definition) is 14. The van der Waals surface area contributed by atoms with Gasteiger partial charge in [0.15, 0.2) is 29.2 Å². The highest BCUT2D eigenvalue weighted by Gasteiger charge is 2.54. The lowest BCUT2D eigenvalue weighted by Gasteiger charge is -2.51. The van der Waals surface area contributed by atoms with Crippen molar-refractivity contribution >= 4 is 28.4 Å². The average molecular weight is 878 g/mol. The van der Waals surface area contributed by atoms with Crippen LogP contribution in [0.4, 0.5) is 0 Å². The summed E-state index contributed by atoms with van der Waals surface area (Å²) >= 11 is 0. The van der Waals surface area contributed by atoms with Crippen LogP contribution in [0.15, 0.2) is 0 Å². The minimum atomic E-state index is -2.19. The molecule has 14 nitrogen and oxygen atoms in total. The third kappa shape index (κ3) is 12.9. The Bertz CT molecular complexity index is 1390. The van der Waals surface area contributed by atoms with Gasteiger partial charge >= 0.3 is 5.97 Å². The van der Waals surface area contributed by atoms with E-state index in [1.54, 1.807) is 41.7 Å². The zero-order valence-corrected chi connectivity index (χ0v) is 41.9. The maximum Gasteiger partial charge on any atom is 0.311 e. The highest BCUT2D eigenvalue weighted by atomic mass is 28.4. The first-order chi connectivity index (χ1) is 26.8. The van der Waals surface area contributed by atoms with Crippen molar-refractivity contribution in [2.24, 2.45) is 23.7 Å². The normalized spacial score (nSPS) is 45.2. The summed E-state index contributed by atoms with van der Waals surface area (Å²) in [6.45, 7) is 30.1. The van der Waals surface area contributed by atoms with Gasteiger partial charge in [-0.15, -0.1) is 0 Å². The summed E-state index contributed by atoms with van der Waals surface area (Å²) < 4.78 is 52.8. The van der Waals surface area contributed by atoms with Crippen LogP contribution in [-0.4, -0.2) is 154 Å². The number of nitrogens with zero attached hydrogens (tertiary/aromatic N) is 1. The topological polar surface area (TPSA) is 172 Å². The Morgan fingerprint density at radius 2 is 1.39 bits per heavy atom. The molecule has 16 heteroatoms. The van der Waals surface area contributed by atoms with Crippen LogP contribution in [0, 0.1) is 23.7 Å². The zero-order valence-electron chi connectivity index (χ0n) is 39.9. The molecule has 4 unspecified atom stereocenters. The molecule has 0 aromatic rings. The highest BCUT2D eigenvalue weighted by Crippen LogP contribution is 2.42. The van der Waals surface area contributed by atoms with Gasteiger partial charge in [0.2, 0.25) is 0 Å². The first kappa shape index (κ1) is 52.5. The summed E-state index contributed by atoms with van der Waals surface area (Å²) in [6.07, 6.45) is -7.22. The number of aliphatic hydroxyl groups is 3. The van der Waals surface area contributed by atoms with Gasteiger partial charge in [-0.3, -0.25) is 9.59 Å². The number of hydrogen-bond donors (Lipinski definition) is 3. The van der Waals surface area contributed by atoms with E-state index in [0.717, 1.165) is 0 Å². The van der Waals surface area contributed by atoms with Gasteiger partial charge < -0.3 is 57.5 Å². The van der Waals surface area contributed by atoms with Crippen molar-refractivity contribution in [2.75, 3.05) is 21.2 Å². The van der Waals surface area contributed by atoms with Gasteiger partial charge in [-0.05, 0) is 114 Å². The number of ether oxygens (including phenoxy) is 6. The first-order valence-corrected chi connectivity index (χ1v) is 28.7. The number of cyclic esters (lactones) is 1. The summed E-state index contributed by atoms with van der Waals surface area (Å²) in [5.41, 5.74) is -4.53. The van der Waals surface area contributed by atoms with Crippen LogP contribution in [0.2, 0.25) is 39.3 Å². The predicted octanol–water partition coefficient (Wildman–Crippen LogP) is 5.50. The van der Waals surface area contributed by atoms with E-state index >= 15 is 0 Å². The molecule has 3 N–H and O–H groups in total. The standard InChI is InChI=1S/C43H83NO13Si2/c1-20-31-43(10,49)36(46)26(4)33(45)24(2)22-41(8,48)37(55-40-35(56-58(14,15)16)30(44(11)12)21-25(3)51-40)27(5)34(28(6)39(47)53-31)54-32-23-42(9,50-13)38(29(7)52-32)57-59(17,18)19/h24-32,34-38,40,46,48-49H,20-23H2,1-19H3/t24-,25-,26+,27+,28-,29?,30+,31-,32?,34+,35-,36-,37-,38?,40+,41-,42?,43-/m1/s1. The summed E-state index contributed by atoms with van der Waals surface area (Å²) in [7, 11) is 1.40. The summed E-state index contributed by atoms with van der Waals surface area (Å²) in [5, 5.41) is 36.1. The van der Waals surface area contributed by atoms with Crippen molar-refractivity contribution in [1.82, 2.24) is 4.90 Å². The fraction of sp³-hybridized carbons (Fsp3) is 0.953. The Kier molecular flexibility index (Phi) is 17.7. The van der Waals surface area contributed by atoms with Gasteiger partial charge in [-0.1, -0.05) is 27.7 Å². The monoisotopic (exact) mass is 878 g/mol. The summed E-state index contributed by atoms with van der Waals surface area (Å²) in [5.74, 6) is -4.67. The molecule has 59 heavy (non-hydrogen) atoms. The van der Waals surface area contributed by atoms with E-state index in [4.69, 9.17) is 37.3 Å². The molecule has 3 rings (SSSR count). The fourth-order valence-electron chi connectivity index (χ4n) is 9.52. The molecule has 346 valence electrons. The predicted molar refractivity (Wildman–Crippen MR) is 231 cm³/mol. The van der Waals surface area contributed by atoms with E-state index in [-0.39, 0.29) is 37.2 Å². The fourth-order valence-corrected chi connectivity index (χ4v) is 11.8. The Hall–Kier alpha value is -0.866. The number of Topliss-reactive ketones (excluding diaryl/α,β-unsaturated/α-hetero) is 1. The maximum absolute atomic E-state index is 14.4. The molecule has 18 atom stereocenters. The van der Waals surface area contributed by atoms with Crippen LogP contribution >= 0.6 is 0 Å². The van der Waals surface area contributed by atoms with Crippen LogP contribution < -0.4 is 0 Å². The van der Waals surface area contributed by atoms with Crippen LogP contribution in [0.3, 0.4) is 0 Å². The maximum atomic E-state index is 14.4. The molecule has 0 bridgehead atoms. The van der Waals surface area contributed by atoms with Crippen molar-refractivity contribution in [2.45, 2.75) is 218 Å². The SMILES string of the molecule is CC[C@H]1OC(=O)[C@H](C)[C@@H](OC2CC(C)(OC)C(O[Si](C)(C)C)C(C)O2)[C@H](C)[C@@H](O[C@@H]2O[C@H](C)C[C@H](N(C)C)[C@H]2O[Si](C)(C)C)[C@](C)(O)C[C@@H](C)C(=O)[C@H](C)[C@@H](O)[C@]1(C)O. The van der Waals surface area contributed by atoms with E-state index < -0.39 is 118 Å². The van der Waals surface area contributed by atoms with Gasteiger partial charge in [0.1, 0.15) is 23.6 Å². The molecule has 3 heterocycles. The lowest BCUT2D eigenvalue weighted by Crippen LogP contribution is -2.62. The number of carbonyl (C=O) groups excluding carboxylic acids is 2. The van der Waals surface area contributed by atoms with E-state index in [2.05, 4.69) is 44.2 Å². The number of rotatable bonds is 11. The molecule has 3 fully saturated rings. The summed E-state index contributed by atoms with van der Waals surface area (Å²) in [6, 6.07) is -0.0769. The second kappa shape index (κ2) is 19.9. The molecular formula is C43H83NO13Si2. The quantitative estimate of drug-likeness (QED) is 0.176. The van der Waals surface area contributed by atoms with Crippen molar-refractivity contribution < 1.29 is 62.2 Å². The second-order valence-electron chi connectivity index (χ2n) is 20.9. The molecule has 3 saturated heterocycles. The van der Waals surface area contributed by atoms with Gasteiger partial charge in [0.05, 0.1) is 53.7 Å². The van der Waals surface area contributed by atoms with E-state index in [0.29, 0.717) is 6.42 Å². The number of carbonyl (C=O) groups is 2. The lowest BCUT2D eigenvalue weighted by molar-refractivity contribution is -0.315. The largest absolute Gasteiger partial charge is 0.459 e. The molecule has 0 aromatic carbocycles. The minimum Gasteiger partial charge on any atom is -0.459 e. The van der Waals surface area contributed by atoms with Crippen LogP contribution in [-0.2, 0) is 46.9 Å². The summed E-state index contributed by atoms with van der Waals surface area (Å²) in [4.78, 5) is 30.6. The molecule has 0 aliphatic carbocycles. The highest BCUT2D eigenvalue weighted by molar-refractivity contribution is 6.70. The number of methoxy groups -OCH3 is 1. The molecule has 0 radical (unpaired) electrons. The zero-order chi connectivity index (χ0) is 45.4. The van der Waals surface area contributed by atoms with Gasteiger partial charge in [-0.2, -0.15) is 0 Å². The van der Waals surface area contributed by atoms with E-state index in [1.807, 2.05) is 41.8 Å². The molecule has 0 amide bonds. The molecule has 0 spiro atoms. The molecule has 3 aliphatic heterocycles. The molecular weight excluding hydrogens is 795 g/mol. The second-order valence-corrected chi connectivity index (χ2v) is 29.8. The Morgan fingerprint density at radius 1 is 0.814 bits per heavy atom. The van der Waals surface area contributed by atoms with Crippen molar-refractivity contribution in [3.05, 3.63) is 0 Å². The number of likely N-dealkylation sites (N-methyl/N-ethyl adjacent to an activating group) is 1. The van der Waals surface area contributed by atoms with Crippen molar-refractivity contribution in [3.8, 4) is 0 Å². The van der Waals surface area contributed by atoms with E-state index in [1.165, 1.54) is 6.92 Å². The van der Waals surface area contributed by atoms with Crippen molar-refractivity contribution in [3.63, 3.8) is 0 Å². The third-order valence-corrected chi connectivity index (χ3v) is 14.7.